The molecule has 0 amide bonds. The van der Waals surface area contributed by atoms with Gasteiger partial charge >= 0.3 is 23.9 Å². The van der Waals surface area contributed by atoms with Gasteiger partial charge in [-0.25, -0.2) is 19.2 Å². The molecule has 8 nitrogen and oxygen atoms in total. The summed E-state index contributed by atoms with van der Waals surface area (Å²) in [6.45, 7) is 7.81. The molecular formula is C28H34O8. The molecule has 0 radical (unpaired) electrons. The van der Waals surface area contributed by atoms with Gasteiger partial charge in [0.05, 0.1) is 48.7 Å². The van der Waals surface area contributed by atoms with Gasteiger partial charge in [-0.1, -0.05) is 0 Å². The van der Waals surface area contributed by atoms with E-state index in [-0.39, 0.29) is 26.4 Å². The van der Waals surface area contributed by atoms with Gasteiger partial charge in [-0.2, -0.15) is 0 Å². The van der Waals surface area contributed by atoms with Gasteiger partial charge in [0.15, 0.2) is 0 Å². The van der Waals surface area contributed by atoms with Crippen molar-refractivity contribution in [2.45, 2.75) is 53.4 Å². The van der Waals surface area contributed by atoms with Crippen molar-refractivity contribution in [3.05, 3.63) is 69.8 Å². The molecule has 8 heteroatoms. The third kappa shape index (κ3) is 8.52. The molecule has 0 aliphatic carbocycles. The highest BCUT2D eigenvalue weighted by molar-refractivity contribution is 5.96. The van der Waals surface area contributed by atoms with Gasteiger partial charge in [0.2, 0.25) is 0 Å². The van der Waals surface area contributed by atoms with Crippen LogP contribution in [-0.4, -0.2) is 50.3 Å². The fraction of sp³-hybridized carbons (Fsp3) is 0.429. The van der Waals surface area contributed by atoms with Gasteiger partial charge in [-0.15, -0.1) is 0 Å². The Balaban J connectivity index is 2.15. The van der Waals surface area contributed by atoms with Crippen molar-refractivity contribution in [1.82, 2.24) is 0 Å². The summed E-state index contributed by atoms with van der Waals surface area (Å²) >= 11 is 0. The average molecular weight is 499 g/mol. The Labute approximate surface area is 211 Å². The van der Waals surface area contributed by atoms with Gasteiger partial charge in [0.1, 0.15) is 0 Å². The number of benzene rings is 2. The van der Waals surface area contributed by atoms with E-state index >= 15 is 0 Å². The quantitative estimate of drug-likeness (QED) is 0.217. The molecule has 0 heterocycles. The van der Waals surface area contributed by atoms with Crippen LogP contribution in [-0.2, 0) is 31.8 Å². The lowest BCUT2D eigenvalue weighted by atomic mass is 9.98. The first-order valence-electron chi connectivity index (χ1n) is 12.3. The lowest BCUT2D eigenvalue weighted by Gasteiger charge is -2.11. The smallest absolute Gasteiger partial charge is 0.338 e. The Morgan fingerprint density at radius 1 is 0.472 bits per heavy atom. The van der Waals surface area contributed by atoms with Crippen molar-refractivity contribution in [3.63, 3.8) is 0 Å². The van der Waals surface area contributed by atoms with E-state index in [1.807, 2.05) is 0 Å². The van der Waals surface area contributed by atoms with Crippen LogP contribution >= 0.6 is 0 Å². The highest BCUT2D eigenvalue weighted by Gasteiger charge is 2.16. The van der Waals surface area contributed by atoms with Gasteiger partial charge < -0.3 is 18.9 Å². The number of rotatable bonds is 13. The summed E-state index contributed by atoms with van der Waals surface area (Å²) in [5.74, 6) is -1.97. The molecule has 36 heavy (non-hydrogen) atoms. The van der Waals surface area contributed by atoms with Crippen molar-refractivity contribution in [1.29, 1.82) is 0 Å². The molecule has 0 bridgehead atoms. The van der Waals surface area contributed by atoms with E-state index < -0.39 is 23.9 Å². The number of hydrogen-bond acceptors (Lipinski definition) is 8. The minimum Gasteiger partial charge on any atom is -0.462 e. The third-order valence-corrected chi connectivity index (χ3v) is 5.21. The highest BCUT2D eigenvalue weighted by atomic mass is 16.5. The molecule has 0 aromatic heterocycles. The molecule has 0 N–H and O–H groups in total. The van der Waals surface area contributed by atoms with E-state index in [0.29, 0.717) is 35.1 Å². The summed E-state index contributed by atoms with van der Waals surface area (Å²) in [4.78, 5) is 49.0. The maximum atomic E-state index is 12.3. The van der Waals surface area contributed by atoms with E-state index in [1.165, 1.54) is 12.1 Å². The molecule has 0 saturated heterocycles. The van der Waals surface area contributed by atoms with E-state index in [0.717, 1.165) is 24.0 Å². The van der Waals surface area contributed by atoms with Crippen LogP contribution in [0.15, 0.2) is 36.4 Å². The standard InChI is InChI=1S/C28H34O8/c1-5-33-25(29)21-13-19(14-22(17-21)26(30)34-6-2)11-9-10-12-20-15-23(27(31)35-7-3)18-24(16-20)28(32)36-8-4/h13-18H,5-12H2,1-4H3. The molecule has 0 unspecified atom stereocenters. The molecule has 0 fully saturated rings. The van der Waals surface area contributed by atoms with Crippen LogP contribution in [0, 0.1) is 0 Å². The second-order valence-electron chi connectivity index (χ2n) is 7.93. The second kappa shape index (κ2) is 14.7. The summed E-state index contributed by atoms with van der Waals surface area (Å²) in [5.41, 5.74) is 2.85. The van der Waals surface area contributed by atoms with Crippen LogP contribution in [0.1, 0.15) is 93.1 Å². The Morgan fingerprint density at radius 3 is 0.944 bits per heavy atom. The van der Waals surface area contributed by atoms with Crippen molar-refractivity contribution in [2.24, 2.45) is 0 Å². The summed E-state index contributed by atoms with van der Waals surface area (Å²) in [6.07, 6.45) is 2.71. The SMILES string of the molecule is CCOC(=O)c1cc(CCCCc2cc(C(=O)OCC)cc(C(=O)OCC)c2)cc(C(=O)OCC)c1. The number of hydrogen-bond donors (Lipinski definition) is 0. The molecule has 2 aromatic carbocycles. The third-order valence-electron chi connectivity index (χ3n) is 5.21. The Hall–Kier alpha value is -3.68. The largest absolute Gasteiger partial charge is 0.462 e. The van der Waals surface area contributed by atoms with E-state index in [1.54, 1.807) is 52.0 Å². The van der Waals surface area contributed by atoms with Gasteiger partial charge in [-0.05, 0) is 101 Å². The summed E-state index contributed by atoms with van der Waals surface area (Å²) in [5, 5.41) is 0. The molecule has 0 aliphatic heterocycles. The number of carbonyl (C=O) groups excluding carboxylic acids is 4. The maximum Gasteiger partial charge on any atom is 0.338 e. The molecule has 0 saturated carbocycles. The Morgan fingerprint density at radius 2 is 0.722 bits per heavy atom. The van der Waals surface area contributed by atoms with Crippen molar-refractivity contribution in [2.75, 3.05) is 26.4 Å². The predicted molar refractivity (Wildman–Crippen MR) is 133 cm³/mol. The first-order chi connectivity index (χ1) is 17.3. The molecular weight excluding hydrogens is 464 g/mol. The molecule has 0 spiro atoms. The lowest BCUT2D eigenvalue weighted by Crippen LogP contribution is -2.11. The van der Waals surface area contributed by atoms with Crippen molar-refractivity contribution >= 4 is 23.9 Å². The van der Waals surface area contributed by atoms with Gasteiger partial charge in [0.25, 0.3) is 0 Å². The van der Waals surface area contributed by atoms with Crippen LogP contribution in [0.5, 0.6) is 0 Å². The van der Waals surface area contributed by atoms with E-state index in [9.17, 15) is 19.2 Å². The zero-order chi connectivity index (χ0) is 26.5. The van der Waals surface area contributed by atoms with Crippen LogP contribution in [0.25, 0.3) is 0 Å². The van der Waals surface area contributed by atoms with Gasteiger partial charge in [0, 0.05) is 0 Å². The minimum atomic E-state index is -0.493. The zero-order valence-corrected chi connectivity index (χ0v) is 21.4. The topological polar surface area (TPSA) is 105 Å². The van der Waals surface area contributed by atoms with E-state index in [4.69, 9.17) is 18.9 Å². The maximum absolute atomic E-state index is 12.3. The molecule has 0 aliphatic rings. The van der Waals surface area contributed by atoms with Crippen molar-refractivity contribution < 1.29 is 38.1 Å². The number of aryl methyl sites for hydroxylation is 2. The summed E-state index contributed by atoms with van der Waals surface area (Å²) < 4.78 is 20.4. The van der Waals surface area contributed by atoms with Crippen molar-refractivity contribution in [3.8, 4) is 0 Å². The van der Waals surface area contributed by atoms with Crippen LogP contribution in [0.4, 0.5) is 0 Å². The number of unbranched alkanes of at least 4 members (excludes halogenated alkanes) is 1. The fourth-order valence-corrected chi connectivity index (χ4v) is 3.66. The van der Waals surface area contributed by atoms with Crippen LogP contribution < -0.4 is 0 Å². The molecule has 2 aromatic rings. The number of ether oxygens (including phenoxy) is 4. The average Bonchev–Trinajstić information content (AvgIpc) is 2.87. The van der Waals surface area contributed by atoms with Crippen LogP contribution in [0.2, 0.25) is 0 Å². The van der Waals surface area contributed by atoms with E-state index in [2.05, 4.69) is 0 Å². The molecule has 0 atom stereocenters. The monoisotopic (exact) mass is 498 g/mol. The van der Waals surface area contributed by atoms with Gasteiger partial charge in [-0.3, -0.25) is 0 Å². The highest BCUT2D eigenvalue weighted by Crippen LogP contribution is 2.18. The zero-order valence-electron chi connectivity index (χ0n) is 21.4. The summed E-state index contributed by atoms with van der Waals surface area (Å²) in [6, 6.07) is 9.86. The summed E-state index contributed by atoms with van der Waals surface area (Å²) in [7, 11) is 0. The first-order valence-corrected chi connectivity index (χ1v) is 12.3. The number of carbonyl (C=O) groups is 4. The number of esters is 4. The molecule has 2 rings (SSSR count). The fourth-order valence-electron chi connectivity index (χ4n) is 3.66. The van der Waals surface area contributed by atoms with Crippen LogP contribution in [0.3, 0.4) is 0 Å². The Kier molecular flexibility index (Phi) is 11.6. The second-order valence-corrected chi connectivity index (χ2v) is 7.93. The Bertz CT molecular complexity index is 915. The predicted octanol–water partition coefficient (Wildman–Crippen LogP) is 4.96. The molecule has 194 valence electrons. The lowest BCUT2D eigenvalue weighted by molar-refractivity contribution is 0.0506. The minimum absolute atomic E-state index is 0.233. The normalized spacial score (nSPS) is 10.4. The first kappa shape index (κ1) is 28.6.